The van der Waals surface area contributed by atoms with E-state index in [-0.39, 0.29) is 24.0 Å². The van der Waals surface area contributed by atoms with E-state index in [1.54, 1.807) is 7.11 Å². The zero-order valence-electron chi connectivity index (χ0n) is 20.0. The van der Waals surface area contributed by atoms with Crippen LogP contribution in [-0.4, -0.2) is 75.2 Å². The van der Waals surface area contributed by atoms with E-state index in [1.165, 1.54) is 19.1 Å². The Balaban J connectivity index is 1.64. The molecule has 2 aliphatic carbocycles. The van der Waals surface area contributed by atoms with Gasteiger partial charge >= 0.3 is 12.1 Å². The standard InChI is InChI=1S/C25H28N2O8/c1-31-19-16-14(28)11-23-7-4-10-26(19)20(23)25(16)13-5-6-15-18(35-12-34-15)17(13)27(22(30)33-3)24(25,9-8-23)21(29)32-2/h5-6,16,19-20H,4,7-12H2,1-3H3/t16-,19-,20-,23+,24+,25-/m0/s1. The SMILES string of the molecule is COC(=O)N1c2c(ccc3c2OCO3)[C@]23[C@H]4C(=O)C[C@@]5(CCCN([C@H]4OC)[C@@H]52)CC[C@]13C(=O)OC. The second-order valence-corrected chi connectivity index (χ2v) is 10.6. The van der Waals surface area contributed by atoms with Gasteiger partial charge in [0.15, 0.2) is 17.0 Å². The van der Waals surface area contributed by atoms with Crippen LogP contribution in [0.1, 0.15) is 37.7 Å². The monoisotopic (exact) mass is 484 g/mol. The van der Waals surface area contributed by atoms with E-state index in [4.69, 9.17) is 23.7 Å². The number of benzene rings is 1. The molecule has 2 saturated heterocycles. The number of methoxy groups -OCH3 is 3. The van der Waals surface area contributed by atoms with Gasteiger partial charge < -0.3 is 23.7 Å². The van der Waals surface area contributed by atoms with Gasteiger partial charge in [-0.25, -0.2) is 9.59 Å². The number of Topliss-reactive ketones (excluding diaryl/α,β-unsaturated/α-hetero) is 1. The van der Waals surface area contributed by atoms with E-state index in [1.807, 2.05) is 12.1 Å². The number of hydrogen-bond acceptors (Lipinski definition) is 9. The Labute approximate surface area is 202 Å². The normalized spacial score (nSPS) is 39.8. The van der Waals surface area contributed by atoms with Gasteiger partial charge in [-0.15, -0.1) is 0 Å². The van der Waals surface area contributed by atoms with Crippen LogP contribution in [0.2, 0.25) is 0 Å². The zero-order valence-corrected chi connectivity index (χ0v) is 20.0. The number of ether oxygens (including phenoxy) is 5. The molecule has 1 spiro atoms. The number of nitrogens with zero attached hydrogens (tertiary/aromatic N) is 2. The summed E-state index contributed by atoms with van der Waals surface area (Å²) in [6, 6.07) is 3.53. The third-order valence-electron chi connectivity index (χ3n) is 9.76. The van der Waals surface area contributed by atoms with E-state index >= 15 is 0 Å². The summed E-state index contributed by atoms with van der Waals surface area (Å²) in [5.74, 6) is -0.263. The molecule has 1 aromatic carbocycles. The molecule has 2 saturated carbocycles. The van der Waals surface area contributed by atoms with Gasteiger partial charge in [-0.3, -0.25) is 14.6 Å². The Morgan fingerprint density at radius 3 is 2.66 bits per heavy atom. The van der Waals surface area contributed by atoms with Crippen molar-refractivity contribution in [2.24, 2.45) is 11.3 Å². The molecule has 4 heterocycles. The highest BCUT2D eigenvalue weighted by molar-refractivity contribution is 6.09. The predicted molar refractivity (Wildman–Crippen MR) is 119 cm³/mol. The molecule has 0 aromatic heterocycles. The summed E-state index contributed by atoms with van der Waals surface area (Å²) >= 11 is 0. The molecule has 4 fully saturated rings. The fourth-order valence-electron chi connectivity index (χ4n) is 9.04. The van der Waals surface area contributed by atoms with Gasteiger partial charge in [0.1, 0.15) is 12.0 Å². The van der Waals surface area contributed by atoms with Gasteiger partial charge in [-0.2, -0.15) is 0 Å². The lowest BCUT2D eigenvalue weighted by Gasteiger charge is -2.64. The van der Waals surface area contributed by atoms with Crippen molar-refractivity contribution in [1.29, 1.82) is 0 Å². The van der Waals surface area contributed by atoms with Crippen molar-refractivity contribution in [3.8, 4) is 11.5 Å². The largest absolute Gasteiger partial charge is 0.467 e. The van der Waals surface area contributed by atoms with Gasteiger partial charge in [0.05, 0.1) is 31.2 Å². The second-order valence-electron chi connectivity index (χ2n) is 10.6. The molecule has 10 nitrogen and oxygen atoms in total. The quantitative estimate of drug-likeness (QED) is 0.583. The number of piperidine rings is 1. The summed E-state index contributed by atoms with van der Waals surface area (Å²) in [6.07, 6.45) is 2.06. The van der Waals surface area contributed by atoms with Crippen molar-refractivity contribution in [2.75, 3.05) is 39.6 Å². The highest BCUT2D eigenvalue weighted by Crippen LogP contribution is 2.76. The molecular weight excluding hydrogens is 456 g/mol. The fourth-order valence-corrected chi connectivity index (χ4v) is 9.04. The smallest absolute Gasteiger partial charge is 0.415 e. The van der Waals surface area contributed by atoms with Gasteiger partial charge in [-0.1, -0.05) is 6.07 Å². The van der Waals surface area contributed by atoms with Gasteiger partial charge in [0, 0.05) is 26.1 Å². The van der Waals surface area contributed by atoms with Crippen molar-refractivity contribution in [3.63, 3.8) is 0 Å². The maximum Gasteiger partial charge on any atom is 0.415 e. The number of carbonyl (C=O) groups excluding carboxylic acids is 3. The van der Waals surface area contributed by atoms with Crippen LogP contribution in [0.25, 0.3) is 0 Å². The molecule has 1 amide bonds. The highest BCUT2D eigenvalue weighted by Gasteiger charge is 2.86. The summed E-state index contributed by atoms with van der Waals surface area (Å²) in [5, 5.41) is 0. The molecule has 4 bridgehead atoms. The van der Waals surface area contributed by atoms with Crippen molar-refractivity contribution < 1.29 is 38.1 Å². The lowest BCUT2D eigenvalue weighted by molar-refractivity contribution is -0.166. The molecule has 0 N–H and O–H groups in total. The number of fused-ring (bicyclic) bond motifs is 3. The molecule has 4 aliphatic heterocycles. The van der Waals surface area contributed by atoms with Crippen molar-refractivity contribution in [2.45, 2.75) is 55.3 Å². The van der Waals surface area contributed by atoms with E-state index < -0.39 is 35.2 Å². The van der Waals surface area contributed by atoms with E-state index in [0.29, 0.717) is 36.4 Å². The maximum absolute atomic E-state index is 14.1. The molecule has 186 valence electrons. The minimum Gasteiger partial charge on any atom is -0.467 e. The molecule has 10 heteroatoms. The van der Waals surface area contributed by atoms with Crippen LogP contribution in [0, 0.1) is 11.3 Å². The van der Waals surface area contributed by atoms with Crippen LogP contribution in [0.15, 0.2) is 12.1 Å². The number of esters is 1. The van der Waals surface area contributed by atoms with E-state index in [9.17, 15) is 14.4 Å². The third kappa shape index (κ3) is 2.03. The molecule has 0 unspecified atom stereocenters. The molecular formula is C25H28N2O8. The number of rotatable bonds is 2. The minimum absolute atomic E-state index is 0.00156. The van der Waals surface area contributed by atoms with Gasteiger partial charge in [-0.05, 0) is 42.7 Å². The predicted octanol–water partition coefficient (Wildman–Crippen LogP) is 1.97. The third-order valence-corrected chi connectivity index (χ3v) is 9.76. The Morgan fingerprint density at radius 2 is 1.91 bits per heavy atom. The Morgan fingerprint density at radius 1 is 1.09 bits per heavy atom. The van der Waals surface area contributed by atoms with Crippen molar-refractivity contribution >= 4 is 23.5 Å². The van der Waals surface area contributed by atoms with Crippen LogP contribution in [0.4, 0.5) is 10.5 Å². The first-order valence-electron chi connectivity index (χ1n) is 12.1. The van der Waals surface area contributed by atoms with Crippen LogP contribution in [-0.2, 0) is 29.2 Å². The minimum atomic E-state index is -1.49. The Hall–Kier alpha value is -2.85. The van der Waals surface area contributed by atoms with Crippen LogP contribution < -0.4 is 14.4 Å². The fraction of sp³-hybridized carbons (Fsp3) is 0.640. The Kier molecular flexibility index (Phi) is 4.09. The van der Waals surface area contributed by atoms with Crippen LogP contribution in [0.3, 0.4) is 0 Å². The first-order valence-corrected chi connectivity index (χ1v) is 12.1. The van der Waals surface area contributed by atoms with Crippen molar-refractivity contribution in [3.05, 3.63) is 17.7 Å². The first-order chi connectivity index (χ1) is 16.9. The Bertz CT molecular complexity index is 1190. The molecule has 6 atom stereocenters. The molecule has 6 aliphatic rings. The lowest BCUT2D eigenvalue weighted by Crippen LogP contribution is -2.78. The second kappa shape index (κ2) is 6.67. The molecule has 1 aromatic rings. The number of anilines is 1. The molecule has 7 rings (SSSR count). The topological polar surface area (TPSA) is 104 Å². The zero-order chi connectivity index (χ0) is 24.3. The van der Waals surface area contributed by atoms with E-state index in [0.717, 1.165) is 24.9 Å². The van der Waals surface area contributed by atoms with E-state index in [2.05, 4.69) is 4.90 Å². The van der Waals surface area contributed by atoms with Crippen LogP contribution >= 0.6 is 0 Å². The summed E-state index contributed by atoms with van der Waals surface area (Å²) in [5.41, 5.74) is -1.70. The van der Waals surface area contributed by atoms with Crippen LogP contribution in [0.5, 0.6) is 11.5 Å². The average molecular weight is 485 g/mol. The highest BCUT2D eigenvalue weighted by atomic mass is 16.7. The first kappa shape index (κ1) is 21.4. The molecule has 35 heavy (non-hydrogen) atoms. The maximum atomic E-state index is 14.1. The summed E-state index contributed by atoms with van der Waals surface area (Å²) in [4.78, 5) is 45.5. The summed E-state index contributed by atoms with van der Waals surface area (Å²) in [7, 11) is 4.24. The lowest BCUT2D eigenvalue weighted by atomic mass is 9.41. The van der Waals surface area contributed by atoms with Gasteiger partial charge in [0.2, 0.25) is 6.79 Å². The number of ketones is 1. The number of hydrogen-bond donors (Lipinski definition) is 0. The average Bonchev–Trinajstić information content (AvgIpc) is 3.52. The number of amides is 1. The van der Waals surface area contributed by atoms with Gasteiger partial charge in [0.25, 0.3) is 0 Å². The number of carbonyl (C=O) groups is 3. The van der Waals surface area contributed by atoms with Crippen molar-refractivity contribution in [1.82, 2.24) is 4.90 Å². The summed E-state index contributed by atoms with van der Waals surface area (Å²) < 4.78 is 28.3. The molecule has 0 radical (unpaired) electrons. The summed E-state index contributed by atoms with van der Waals surface area (Å²) in [6.45, 7) is 0.757.